The summed E-state index contributed by atoms with van der Waals surface area (Å²) in [5.74, 6) is -0.647. The maximum absolute atomic E-state index is 11.2. The molecule has 0 amide bonds. The average Bonchev–Trinajstić information content (AvgIpc) is 2.49. The second-order valence-electron chi connectivity index (χ2n) is 4.83. The van der Waals surface area contributed by atoms with Crippen molar-refractivity contribution >= 4 is 5.97 Å². The Hall–Kier alpha value is -1.04. The molecular weight excluding hydrogens is 178 g/mol. The van der Waals surface area contributed by atoms with Crippen LogP contribution in [0, 0.1) is 22.2 Å². The first-order valence-corrected chi connectivity index (χ1v) is 5.27. The maximum Gasteiger partial charge on any atom is 0.309 e. The highest BCUT2D eigenvalue weighted by Gasteiger charge is 2.49. The fourth-order valence-corrected chi connectivity index (χ4v) is 2.96. The van der Waals surface area contributed by atoms with E-state index in [4.69, 9.17) is 5.26 Å². The minimum atomic E-state index is -0.647. The molecule has 0 atom stereocenters. The fraction of sp³-hybridized carbons (Fsp3) is 0.818. The molecule has 2 bridgehead atoms. The molecule has 14 heavy (non-hydrogen) atoms. The van der Waals surface area contributed by atoms with Crippen molar-refractivity contribution in [3.8, 4) is 6.07 Å². The van der Waals surface area contributed by atoms with Crippen LogP contribution in [-0.2, 0) is 4.79 Å². The van der Waals surface area contributed by atoms with Gasteiger partial charge in [-0.2, -0.15) is 5.26 Å². The Bertz CT molecular complexity index is 295. The lowest BCUT2D eigenvalue weighted by Gasteiger charge is -2.36. The Morgan fingerprint density at radius 2 is 1.79 bits per heavy atom. The standard InChI is InChI=1S/C11H15NO2/c12-8-10-2-1-3-11(6-4-10,7-5-10)9(13)14/h1-7H2,(H,13,14). The van der Waals surface area contributed by atoms with Gasteiger partial charge in [0.15, 0.2) is 0 Å². The third-order valence-electron chi connectivity index (χ3n) is 4.17. The SMILES string of the molecule is N#CC12CCCC(C(=O)O)(CC1)CC2. The summed E-state index contributed by atoms with van der Waals surface area (Å²) in [6, 6.07) is 2.41. The van der Waals surface area contributed by atoms with Gasteiger partial charge in [-0.05, 0) is 38.5 Å². The highest BCUT2D eigenvalue weighted by molar-refractivity contribution is 5.74. The van der Waals surface area contributed by atoms with Crippen LogP contribution in [0.25, 0.3) is 0 Å². The molecule has 3 aliphatic rings. The maximum atomic E-state index is 11.2. The Labute approximate surface area is 83.7 Å². The summed E-state index contributed by atoms with van der Waals surface area (Å²) < 4.78 is 0. The molecule has 0 aromatic carbocycles. The van der Waals surface area contributed by atoms with Crippen LogP contribution in [0.1, 0.15) is 44.9 Å². The summed E-state index contributed by atoms with van der Waals surface area (Å²) in [5, 5.41) is 18.3. The van der Waals surface area contributed by atoms with Crippen LogP contribution in [0.3, 0.4) is 0 Å². The van der Waals surface area contributed by atoms with E-state index in [1.807, 2.05) is 0 Å². The molecule has 0 unspecified atom stereocenters. The highest BCUT2D eigenvalue weighted by Crippen LogP contribution is 2.53. The molecule has 0 heterocycles. The van der Waals surface area contributed by atoms with Gasteiger partial charge in [0.1, 0.15) is 0 Å². The smallest absolute Gasteiger partial charge is 0.309 e. The van der Waals surface area contributed by atoms with Crippen molar-refractivity contribution in [2.24, 2.45) is 10.8 Å². The Kier molecular flexibility index (Phi) is 2.02. The number of carboxylic acids is 1. The quantitative estimate of drug-likeness (QED) is 0.695. The first-order chi connectivity index (χ1) is 6.63. The van der Waals surface area contributed by atoms with E-state index in [1.54, 1.807) is 0 Å². The minimum Gasteiger partial charge on any atom is -0.481 e. The monoisotopic (exact) mass is 193 g/mol. The van der Waals surface area contributed by atoms with Gasteiger partial charge in [0.25, 0.3) is 0 Å². The van der Waals surface area contributed by atoms with Crippen LogP contribution < -0.4 is 0 Å². The van der Waals surface area contributed by atoms with E-state index < -0.39 is 11.4 Å². The lowest BCUT2D eigenvalue weighted by Crippen LogP contribution is -2.35. The second-order valence-corrected chi connectivity index (χ2v) is 4.83. The van der Waals surface area contributed by atoms with Gasteiger partial charge < -0.3 is 5.11 Å². The molecule has 3 saturated carbocycles. The molecule has 0 spiro atoms. The number of fused-ring (bicyclic) bond motifs is 4. The summed E-state index contributed by atoms with van der Waals surface area (Å²) in [6.45, 7) is 0. The summed E-state index contributed by atoms with van der Waals surface area (Å²) in [7, 11) is 0. The molecule has 3 fully saturated rings. The lowest BCUT2D eigenvalue weighted by atomic mass is 9.66. The van der Waals surface area contributed by atoms with Gasteiger partial charge in [-0.15, -0.1) is 0 Å². The molecule has 0 aromatic rings. The molecule has 1 N–H and O–H groups in total. The first kappa shape index (κ1) is 9.51. The topological polar surface area (TPSA) is 61.1 Å². The van der Waals surface area contributed by atoms with Crippen LogP contribution in [0.4, 0.5) is 0 Å². The van der Waals surface area contributed by atoms with Gasteiger partial charge in [0.05, 0.1) is 16.9 Å². The number of aliphatic carboxylic acids is 1. The van der Waals surface area contributed by atoms with Crippen molar-refractivity contribution in [1.82, 2.24) is 0 Å². The van der Waals surface area contributed by atoms with E-state index in [0.717, 1.165) is 32.1 Å². The van der Waals surface area contributed by atoms with Gasteiger partial charge >= 0.3 is 5.97 Å². The zero-order chi connectivity index (χ0) is 10.2. The summed E-state index contributed by atoms with van der Waals surface area (Å²) >= 11 is 0. The van der Waals surface area contributed by atoms with E-state index in [1.165, 1.54) is 0 Å². The van der Waals surface area contributed by atoms with Crippen LogP contribution in [0.2, 0.25) is 0 Å². The van der Waals surface area contributed by atoms with E-state index in [0.29, 0.717) is 12.8 Å². The van der Waals surface area contributed by atoms with Crippen molar-refractivity contribution in [2.75, 3.05) is 0 Å². The van der Waals surface area contributed by atoms with Crippen molar-refractivity contribution in [3.05, 3.63) is 0 Å². The Morgan fingerprint density at radius 3 is 2.29 bits per heavy atom. The molecule has 0 aromatic heterocycles. The molecule has 3 aliphatic carbocycles. The minimum absolute atomic E-state index is 0.185. The lowest BCUT2D eigenvalue weighted by molar-refractivity contribution is -0.151. The largest absolute Gasteiger partial charge is 0.481 e. The van der Waals surface area contributed by atoms with Crippen molar-refractivity contribution in [2.45, 2.75) is 44.9 Å². The van der Waals surface area contributed by atoms with Gasteiger partial charge in [0.2, 0.25) is 0 Å². The van der Waals surface area contributed by atoms with E-state index in [2.05, 4.69) is 6.07 Å². The predicted molar refractivity (Wildman–Crippen MR) is 50.4 cm³/mol. The molecule has 3 rings (SSSR count). The Morgan fingerprint density at radius 1 is 1.14 bits per heavy atom. The summed E-state index contributed by atoms with van der Waals surface area (Å²) in [6.07, 6.45) is 5.56. The third kappa shape index (κ3) is 1.21. The number of rotatable bonds is 1. The van der Waals surface area contributed by atoms with Crippen LogP contribution >= 0.6 is 0 Å². The highest BCUT2D eigenvalue weighted by atomic mass is 16.4. The van der Waals surface area contributed by atoms with Crippen LogP contribution in [-0.4, -0.2) is 11.1 Å². The number of carbonyl (C=O) groups is 1. The third-order valence-corrected chi connectivity index (χ3v) is 4.17. The number of nitrogens with zero attached hydrogens (tertiary/aromatic N) is 1. The zero-order valence-electron chi connectivity index (χ0n) is 8.25. The number of hydrogen-bond acceptors (Lipinski definition) is 2. The van der Waals surface area contributed by atoms with Crippen molar-refractivity contribution in [1.29, 1.82) is 5.26 Å². The van der Waals surface area contributed by atoms with Gasteiger partial charge in [-0.1, -0.05) is 6.42 Å². The summed E-state index contributed by atoms with van der Waals surface area (Å²) in [5.41, 5.74) is -0.674. The zero-order valence-corrected chi connectivity index (χ0v) is 8.25. The molecule has 76 valence electrons. The molecule has 0 radical (unpaired) electrons. The van der Waals surface area contributed by atoms with Gasteiger partial charge in [-0.25, -0.2) is 0 Å². The van der Waals surface area contributed by atoms with Gasteiger partial charge in [0, 0.05) is 0 Å². The molecular formula is C11H15NO2. The Balaban J connectivity index is 2.26. The van der Waals surface area contributed by atoms with Crippen molar-refractivity contribution < 1.29 is 9.90 Å². The fourth-order valence-electron chi connectivity index (χ4n) is 2.96. The van der Waals surface area contributed by atoms with Gasteiger partial charge in [-0.3, -0.25) is 4.79 Å². The predicted octanol–water partition coefficient (Wildman–Crippen LogP) is 2.33. The first-order valence-electron chi connectivity index (χ1n) is 5.27. The molecule has 3 heteroatoms. The van der Waals surface area contributed by atoms with Crippen LogP contribution in [0.5, 0.6) is 0 Å². The van der Waals surface area contributed by atoms with Crippen LogP contribution in [0.15, 0.2) is 0 Å². The normalized spacial score (nSPS) is 41.4. The van der Waals surface area contributed by atoms with E-state index >= 15 is 0 Å². The molecule has 0 aliphatic heterocycles. The van der Waals surface area contributed by atoms with Crippen molar-refractivity contribution in [3.63, 3.8) is 0 Å². The molecule has 0 saturated heterocycles. The van der Waals surface area contributed by atoms with E-state index in [9.17, 15) is 9.90 Å². The second kappa shape index (κ2) is 2.98. The van der Waals surface area contributed by atoms with E-state index in [-0.39, 0.29) is 5.41 Å². The average molecular weight is 193 g/mol. The number of carboxylic acid groups (broad SMARTS) is 1. The summed E-state index contributed by atoms with van der Waals surface area (Å²) in [4.78, 5) is 11.2. The number of nitriles is 1. The molecule has 3 nitrogen and oxygen atoms in total. The number of hydrogen-bond donors (Lipinski definition) is 1.